The van der Waals surface area contributed by atoms with Crippen LogP contribution in [0.5, 0.6) is 0 Å². The lowest BCUT2D eigenvalue weighted by atomic mass is 9.93. The molecular formula is C10H15N3O3. The summed E-state index contributed by atoms with van der Waals surface area (Å²) in [7, 11) is 1.61. The lowest BCUT2D eigenvalue weighted by Gasteiger charge is -2.34. The fraction of sp³-hybridized carbons (Fsp3) is 0.600. The monoisotopic (exact) mass is 225 g/mol. The molecule has 2 rings (SSSR count). The molecule has 6 nitrogen and oxygen atoms in total. The SMILES string of the molecule is COC1(c2nc(N)cc(=O)[nH]2)CCOCC1. The van der Waals surface area contributed by atoms with E-state index in [1.807, 2.05) is 0 Å². The molecule has 1 aromatic heterocycles. The molecule has 0 unspecified atom stereocenters. The second kappa shape index (κ2) is 4.23. The standard InChI is InChI=1S/C10H15N3O3/c1-15-10(2-4-16-5-3-10)9-12-7(11)6-8(14)13-9/h6H,2-5H2,1H3,(H3,11,12,13,14). The van der Waals surface area contributed by atoms with Crippen molar-refractivity contribution in [2.45, 2.75) is 18.4 Å². The molecule has 0 radical (unpaired) electrons. The Morgan fingerprint density at radius 1 is 1.56 bits per heavy atom. The summed E-state index contributed by atoms with van der Waals surface area (Å²) in [5.41, 5.74) is 4.73. The molecule has 0 saturated carbocycles. The molecule has 0 bridgehead atoms. The number of H-pyrrole nitrogens is 1. The molecule has 0 aliphatic carbocycles. The molecule has 0 atom stereocenters. The van der Waals surface area contributed by atoms with Gasteiger partial charge in [-0.25, -0.2) is 4.98 Å². The summed E-state index contributed by atoms with van der Waals surface area (Å²) in [6.45, 7) is 1.18. The Bertz CT molecular complexity index is 424. The van der Waals surface area contributed by atoms with Crippen molar-refractivity contribution in [1.29, 1.82) is 0 Å². The molecule has 1 aromatic rings. The normalized spacial score (nSPS) is 19.6. The van der Waals surface area contributed by atoms with Crippen molar-refractivity contribution in [1.82, 2.24) is 9.97 Å². The van der Waals surface area contributed by atoms with Gasteiger partial charge < -0.3 is 20.2 Å². The Balaban J connectivity index is 2.42. The molecule has 3 N–H and O–H groups in total. The zero-order valence-corrected chi connectivity index (χ0v) is 9.16. The van der Waals surface area contributed by atoms with E-state index in [2.05, 4.69) is 9.97 Å². The number of hydrogen-bond acceptors (Lipinski definition) is 5. The summed E-state index contributed by atoms with van der Waals surface area (Å²) in [6.07, 6.45) is 1.33. The number of aromatic amines is 1. The van der Waals surface area contributed by atoms with E-state index in [0.717, 1.165) is 0 Å². The first-order valence-electron chi connectivity index (χ1n) is 5.16. The van der Waals surface area contributed by atoms with Gasteiger partial charge in [0, 0.05) is 39.2 Å². The van der Waals surface area contributed by atoms with Crippen molar-refractivity contribution in [2.75, 3.05) is 26.1 Å². The Hall–Kier alpha value is -1.40. The summed E-state index contributed by atoms with van der Waals surface area (Å²) in [4.78, 5) is 18.2. The summed E-state index contributed by atoms with van der Waals surface area (Å²) >= 11 is 0. The lowest BCUT2D eigenvalue weighted by molar-refractivity contribution is -0.1000. The predicted octanol–water partition coefficient (Wildman–Crippen LogP) is 0.00420. The van der Waals surface area contributed by atoms with E-state index < -0.39 is 5.60 Å². The topological polar surface area (TPSA) is 90.2 Å². The summed E-state index contributed by atoms with van der Waals surface area (Å²) in [5, 5.41) is 0. The van der Waals surface area contributed by atoms with E-state index >= 15 is 0 Å². The fourth-order valence-corrected chi connectivity index (χ4v) is 1.93. The van der Waals surface area contributed by atoms with Crippen molar-refractivity contribution in [3.63, 3.8) is 0 Å². The van der Waals surface area contributed by atoms with Gasteiger partial charge in [0.2, 0.25) is 0 Å². The van der Waals surface area contributed by atoms with Crippen molar-refractivity contribution in [2.24, 2.45) is 0 Å². The maximum absolute atomic E-state index is 11.3. The van der Waals surface area contributed by atoms with E-state index in [-0.39, 0.29) is 11.4 Å². The Morgan fingerprint density at radius 2 is 2.25 bits per heavy atom. The van der Waals surface area contributed by atoms with Gasteiger partial charge in [0.05, 0.1) is 0 Å². The summed E-state index contributed by atoms with van der Waals surface area (Å²) in [5.74, 6) is 0.699. The molecule has 2 heterocycles. The van der Waals surface area contributed by atoms with E-state index in [4.69, 9.17) is 15.2 Å². The van der Waals surface area contributed by atoms with Gasteiger partial charge in [-0.3, -0.25) is 4.79 Å². The van der Waals surface area contributed by atoms with Gasteiger partial charge in [-0.15, -0.1) is 0 Å². The maximum Gasteiger partial charge on any atom is 0.253 e. The molecule has 1 aliphatic heterocycles. The van der Waals surface area contributed by atoms with Crippen molar-refractivity contribution >= 4 is 5.82 Å². The largest absolute Gasteiger partial charge is 0.383 e. The van der Waals surface area contributed by atoms with Crippen molar-refractivity contribution in [3.8, 4) is 0 Å². The minimum absolute atomic E-state index is 0.210. The van der Waals surface area contributed by atoms with Crippen LogP contribution in [0.2, 0.25) is 0 Å². The molecular weight excluding hydrogens is 210 g/mol. The first-order valence-corrected chi connectivity index (χ1v) is 5.16. The van der Waals surface area contributed by atoms with Crippen LogP contribution in [0.15, 0.2) is 10.9 Å². The predicted molar refractivity (Wildman–Crippen MR) is 58.0 cm³/mol. The first-order chi connectivity index (χ1) is 7.66. The van der Waals surface area contributed by atoms with E-state index in [0.29, 0.717) is 31.9 Å². The molecule has 0 amide bonds. The number of ether oxygens (including phenoxy) is 2. The van der Waals surface area contributed by atoms with Gasteiger partial charge in [-0.05, 0) is 0 Å². The van der Waals surface area contributed by atoms with Gasteiger partial charge in [-0.1, -0.05) is 0 Å². The van der Waals surface area contributed by atoms with E-state index in [1.165, 1.54) is 6.07 Å². The van der Waals surface area contributed by atoms with E-state index in [9.17, 15) is 4.79 Å². The Morgan fingerprint density at radius 3 is 2.81 bits per heavy atom. The zero-order chi connectivity index (χ0) is 11.6. The highest BCUT2D eigenvalue weighted by Crippen LogP contribution is 2.32. The highest BCUT2D eigenvalue weighted by molar-refractivity contribution is 5.26. The van der Waals surface area contributed by atoms with Crippen LogP contribution < -0.4 is 11.3 Å². The van der Waals surface area contributed by atoms with Crippen LogP contribution in [-0.4, -0.2) is 30.3 Å². The number of nitrogens with one attached hydrogen (secondary N) is 1. The fourth-order valence-electron chi connectivity index (χ4n) is 1.93. The highest BCUT2D eigenvalue weighted by atomic mass is 16.5. The van der Waals surface area contributed by atoms with Crippen LogP contribution in [0.4, 0.5) is 5.82 Å². The van der Waals surface area contributed by atoms with Gasteiger partial charge in [0.15, 0.2) is 0 Å². The minimum Gasteiger partial charge on any atom is -0.383 e. The second-order valence-corrected chi connectivity index (χ2v) is 3.83. The van der Waals surface area contributed by atoms with Gasteiger partial charge >= 0.3 is 0 Å². The molecule has 88 valence electrons. The summed E-state index contributed by atoms with van der Waals surface area (Å²) in [6, 6.07) is 1.26. The number of hydrogen-bond donors (Lipinski definition) is 2. The average molecular weight is 225 g/mol. The van der Waals surface area contributed by atoms with E-state index in [1.54, 1.807) is 7.11 Å². The molecule has 0 spiro atoms. The van der Waals surface area contributed by atoms with Gasteiger partial charge in [0.1, 0.15) is 17.2 Å². The minimum atomic E-state index is -0.577. The van der Waals surface area contributed by atoms with Crippen LogP contribution in [0.3, 0.4) is 0 Å². The number of nitrogens with two attached hydrogens (primary N) is 1. The Kier molecular flexibility index (Phi) is 2.93. The highest BCUT2D eigenvalue weighted by Gasteiger charge is 2.37. The average Bonchev–Trinajstić information content (AvgIpc) is 2.28. The third-order valence-electron chi connectivity index (χ3n) is 2.88. The van der Waals surface area contributed by atoms with Crippen LogP contribution in [0.1, 0.15) is 18.7 Å². The van der Waals surface area contributed by atoms with Crippen LogP contribution in [-0.2, 0) is 15.1 Å². The maximum atomic E-state index is 11.3. The smallest absolute Gasteiger partial charge is 0.253 e. The lowest BCUT2D eigenvalue weighted by Crippen LogP contribution is -2.38. The second-order valence-electron chi connectivity index (χ2n) is 3.83. The molecule has 6 heteroatoms. The quantitative estimate of drug-likeness (QED) is 0.739. The number of nitrogen functional groups attached to an aromatic ring is 1. The third-order valence-corrected chi connectivity index (χ3v) is 2.88. The number of nitrogens with zero attached hydrogens (tertiary/aromatic N) is 1. The number of methoxy groups -OCH3 is 1. The molecule has 1 fully saturated rings. The molecule has 16 heavy (non-hydrogen) atoms. The summed E-state index contributed by atoms with van der Waals surface area (Å²) < 4.78 is 10.8. The van der Waals surface area contributed by atoms with Crippen molar-refractivity contribution in [3.05, 3.63) is 22.2 Å². The van der Waals surface area contributed by atoms with Crippen LogP contribution in [0.25, 0.3) is 0 Å². The van der Waals surface area contributed by atoms with Gasteiger partial charge in [0.25, 0.3) is 5.56 Å². The molecule has 1 saturated heterocycles. The first kappa shape index (κ1) is 11.1. The number of rotatable bonds is 2. The Labute approximate surface area is 92.8 Å². The third kappa shape index (κ3) is 1.94. The molecule has 0 aromatic carbocycles. The number of aromatic nitrogens is 2. The zero-order valence-electron chi connectivity index (χ0n) is 9.16. The van der Waals surface area contributed by atoms with Crippen LogP contribution >= 0.6 is 0 Å². The molecule has 1 aliphatic rings. The van der Waals surface area contributed by atoms with Crippen LogP contribution in [0, 0.1) is 0 Å². The number of anilines is 1. The van der Waals surface area contributed by atoms with Gasteiger partial charge in [-0.2, -0.15) is 0 Å². The van der Waals surface area contributed by atoms with Crippen molar-refractivity contribution < 1.29 is 9.47 Å².